The van der Waals surface area contributed by atoms with Gasteiger partial charge in [0.05, 0.1) is 12.1 Å². The lowest BCUT2D eigenvalue weighted by molar-refractivity contribution is 0.100. The van der Waals surface area contributed by atoms with Crippen molar-refractivity contribution in [1.29, 1.82) is 0 Å². The Labute approximate surface area is 91.1 Å². The van der Waals surface area contributed by atoms with Crippen molar-refractivity contribution in [2.75, 3.05) is 5.32 Å². The second kappa shape index (κ2) is 4.39. The maximum Gasteiger partial charge on any atom is 0.252 e. The zero-order valence-electron chi connectivity index (χ0n) is 8.34. The zero-order valence-corrected chi connectivity index (χ0v) is 8.34. The van der Waals surface area contributed by atoms with Gasteiger partial charge < -0.3 is 11.1 Å². The highest BCUT2D eigenvalue weighted by Crippen LogP contribution is 2.10. The lowest BCUT2D eigenvalue weighted by Crippen LogP contribution is -2.15. The summed E-state index contributed by atoms with van der Waals surface area (Å²) in [6.07, 6.45) is 2.99. The number of H-pyrrole nitrogens is 1. The van der Waals surface area contributed by atoms with Gasteiger partial charge >= 0.3 is 0 Å². The number of carbonyl (C=O) groups excluding carboxylic acids is 1. The molecule has 82 valence electrons. The summed E-state index contributed by atoms with van der Waals surface area (Å²) in [5.41, 5.74) is 5.56. The number of hydrogen-bond acceptors (Lipinski definition) is 5. The number of primary amides is 1. The van der Waals surface area contributed by atoms with Gasteiger partial charge in [-0.05, 0) is 12.1 Å². The van der Waals surface area contributed by atoms with Crippen molar-refractivity contribution in [3.8, 4) is 0 Å². The van der Waals surface area contributed by atoms with Crippen molar-refractivity contribution in [2.24, 2.45) is 5.73 Å². The fourth-order valence-corrected chi connectivity index (χ4v) is 1.23. The smallest absolute Gasteiger partial charge is 0.252 e. The largest absolute Gasteiger partial charge is 0.365 e. The number of carbonyl (C=O) groups is 1. The van der Waals surface area contributed by atoms with Gasteiger partial charge in [-0.2, -0.15) is 5.10 Å². The molecule has 0 aliphatic heterocycles. The highest BCUT2D eigenvalue weighted by Gasteiger charge is 2.08. The molecule has 0 aromatic carbocycles. The third kappa shape index (κ3) is 2.14. The first kappa shape index (κ1) is 10.1. The van der Waals surface area contributed by atoms with Crippen molar-refractivity contribution < 1.29 is 4.79 Å². The van der Waals surface area contributed by atoms with Gasteiger partial charge in [0, 0.05) is 6.20 Å². The molecule has 0 saturated heterocycles. The van der Waals surface area contributed by atoms with Crippen molar-refractivity contribution >= 4 is 11.7 Å². The Morgan fingerprint density at radius 1 is 1.50 bits per heavy atom. The number of amides is 1. The van der Waals surface area contributed by atoms with Crippen LogP contribution in [0, 0.1) is 0 Å². The summed E-state index contributed by atoms with van der Waals surface area (Å²) in [4.78, 5) is 19.0. The number of aromatic nitrogens is 4. The summed E-state index contributed by atoms with van der Waals surface area (Å²) in [5.74, 6) is 0.570. The quantitative estimate of drug-likeness (QED) is 0.664. The number of aromatic amines is 1. The van der Waals surface area contributed by atoms with E-state index in [1.165, 1.54) is 6.33 Å². The Balaban J connectivity index is 2.12. The Morgan fingerprint density at radius 2 is 2.38 bits per heavy atom. The number of nitrogens with two attached hydrogens (primary N) is 1. The minimum absolute atomic E-state index is 0.349. The van der Waals surface area contributed by atoms with E-state index in [-0.39, 0.29) is 0 Å². The Kier molecular flexibility index (Phi) is 2.77. The van der Waals surface area contributed by atoms with Gasteiger partial charge in [-0.15, -0.1) is 0 Å². The van der Waals surface area contributed by atoms with E-state index in [9.17, 15) is 4.79 Å². The van der Waals surface area contributed by atoms with Crippen LogP contribution in [0.3, 0.4) is 0 Å². The molecule has 0 aliphatic carbocycles. The van der Waals surface area contributed by atoms with Crippen LogP contribution in [-0.2, 0) is 6.54 Å². The molecule has 2 rings (SSSR count). The molecular weight excluding hydrogens is 208 g/mol. The molecule has 0 bridgehead atoms. The average Bonchev–Trinajstić information content (AvgIpc) is 2.79. The summed E-state index contributed by atoms with van der Waals surface area (Å²) in [7, 11) is 0. The summed E-state index contributed by atoms with van der Waals surface area (Å²) in [6.45, 7) is 0.400. The van der Waals surface area contributed by atoms with Gasteiger partial charge in [-0.3, -0.25) is 9.89 Å². The minimum atomic E-state index is -0.520. The topological polar surface area (TPSA) is 110 Å². The number of hydrogen-bond donors (Lipinski definition) is 3. The molecule has 7 nitrogen and oxygen atoms in total. The molecule has 2 aromatic heterocycles. The van der Waals surface area contributed by atoms with Crippen molar-refractivity contribution in [2.45, 2.75) is 6.54 Å². The Bertz CT molecular complexity index is 481. The normalized spacial score (nSPS) is 10.0. The zero-order chi connectivity index (χ0) is 11.4. The van der Waals surface area contributed by atoms with E-state index in [4.69, 9.17) is 5.73 Å². The molecule has 2 aromatic rings. The molecule has 7 heteroatoms. The number of nitrogens with zero attached hydrogens (tertiary/aromatic N) is 3. The van der Waals surface area contributed by atoms with E-state index in [2.05, 4.69) is 25.5 Å². The monoisotopic (exact) mass is 218 g/mol. The summed E-state index contributed by atoms with van der Waals surface area (Å²) in [6, 6.07) is 3.26. The van der Waals surface area contributed by atoms with Crippen LogP contribution < -0.4 is 11.1 Å². The predicted molar refractivity (Wildman–Crippen MR) is 56.5 cm³/mol. The van der Waals surface area contributed by atoms with Crippen molar-refractivity contribution in [1.82, 2.24) is 20.2 Å². The summed E-state index contributed by atoms with van der Waals surface area (Å²) >= 11 is 0. The van der Waals surface area contributed by atoms with E-state index < -0.39 is 5.91 Å². The third-order valence-corrected chi connectivity index (χ3v) is 1.96. The molecule has 4 N–H and O–H groups in total. The molecule has 1 amide bonds. The highest BCUT2D eigenvalue weighted by molar-refractivity contribution is 5.97. The van der Waals surface area contributed by atoms with Crippen LogP contribution in [0.15, 0.2) is 24.7 Å². The van der Waals surface area contributed by atoms with E-state index >= 15 is 0 Å². The van der Waals surface area contributed by atoms with Crippen LogP contribution in [0.25, 0.3) is 0 Å². The highest BCUT2D eigenvalue weighted by atomic mass is 16.1. The number of nitrogens with one attached hydrogen (secondary N) is 2. The predicted octanol–water partition coefficient (Wildman–Crippen LogP) is -0.0893. The Morgan fingerprint density at radius 3 is 3.06 bits per heavy atom. The first-order valence-corrected chi connectivity index (χ1v) is 4.60. The second-order valence-corrected chi connectivity index (χ2v) is 3.05. The molecule has 0 unspecified atom stereocenters. The first-order valence-electron chi connectivity index (χ1n) is 4.60. The summed E-state index contributed by atoms with van der Waals surface area (Å²) in [5, 5.41) is 9.34. The van der Waals surface area contributed by atoms with Crippen LogP contribution in [0.5, 0.6) is 0 Å². The van der Waals surface area contributed by atoms with E-state index in [1.54, 1.807) is 18.3 Å². The number of anilines is 1. The lowest BCUT2D eigenvalue weighted by Gasteiger charge is -2.06. The number of pyridine rings is 1. The maximum absolute atomic E-state index is 11.1. The molecule has 0 saturated carbocycles. The van der Waals surface area contributed by atoms with Crippen molar-refractivity contribution in [3.63, 3.8) is 0 Å². The number of rotatable bonds is 4. The molecule has 0 atom stereocenters. The summed E-state index contributed by atoms with van der Waals surface area (Å²) < 4.78 is 0. The average molecular weight is 218 g/mol. The van der Waals surface area contributed by atoms with Gasteiger partial charge in [0.25, 0.3) is 5.91 Å². The van der Waals surface area contributed by atoms with Crippen molar-refractivity contribution in [3.05, 3.63) is 36.0 Å². The van der Waals surface area contributed by atoms with E-state index in [0.29, 0.717) is 23.8 Å². The van der Waals surface area contributed by atoms with Crippen LogP contribution >= 0.6 is 0 Å². The molecule has 0 aliphatic rings. The fourth-order valence-electron chi connectivity index (χ4n) is 1.23. The van der Waals surface area contributed by atoms with Crippen LogP contribution in [-0.4, -0.2) is 26.1 Å². The lowest BCUT2D eigenvalue weighted by atomic mass is 10.2. The van der Waals surface area contributed by atoms with Gasteiger partial charge in [-0.1, -0.05) is 0 Å². The maximum atomic E-state index is 11.1. The van der Waals surface area contributed by atoms with E-state index in [0.717, 1.165) is 0 Å². The molecule has 0 radical (unpaired) electrons. The molecule has 0 fully saturated rings. The van der Waals surface area contributed by atoms with Crippen LogP contribution in [0.1, 0.15) is 16.2 Å². The van der Waals surface area contributed by atoms with Gasteiger partial charge in [0.1, 0.15) is 18.0 Å². The molecule has 2 heterocycles. The molecular formula is C9H10N6O. The minimum Gasteiger partial charge on any atom is -0.365 e. The van der Waals surface area contributed by atoms with Gasteiger partial charge in [0.15, 0.2) is 0 Å². The van der Waals surface area contributed by atoms with Gasteiger partial charge in [0.2, 0.25) is 0 Å². The third-order valence-electron chi connectivity index (χ3n) is 1.96. The molecule has 0 spiro atoms. The van der Waals surface area contributed by atoms with Gasteiger partial charge in [-0.25, -0.2) is 9.97 Å². The van der Waals surface area contributed by atoms with E-state index in [1.807, 2.05) is 0 Å². The first-order chi connectivity index (χ1) is 7.77. The Hall–Kier alpha value is -2.44. The molecule has 16 heavy (non-hydrogen) atoms. The standard InChI is InChI=1S/C9H10N6O/c10-8(16)6-2-1-3-11-9(6)12-4-7-13-5-14-15-7/h1-3,5H,4H2,(H2,10,16)(H,11,12)(H,13,14,15). The second-order valence-electron chi connectivity index (χ2n) is 3.05. The SMILES string of the molecule is NC(=O)c1cccnc1NCc1ncn[nH]1. The van der Waals surface area contributed by atoms with Crippen LogP contribution in [0.4, 0.5) is 5.82 Å². The fraction of sp³-hybridized carbons (Fsp3) is 0.111. The van der Waals surface area contributed by atoms with Crippen LogP contribution in [0.2, 0.25) is 0 Å².